The summed E-state index contributed by atoms with van der Waals surface area (Å²) in [7, 11) is 1.45. The van der Waals surface area contributed by atoms with Crippen LogP contribution in [0.15, 0.2) is 48.5 Å². The van der Waals surface area contributed by atoms with E-state index in [9.17, 15) is 27.9 Å². The second-order valence-electron chi connectivity index (χ2n) is 9.41. The van der Waals surface area contributed by atoms with Crippen LogP contribution in [0.1, 0.15) is 39.3 Å². The highest BCUT2D eigenvalue weighted by atomic mass is 19.4. The summed E-state index contributed by atoms with van der Waals surface area (Å²) in [5.41, 5.74) is 2.23. The zero-order valence-corrected chi connectivity index (χ0v) is 21.1. The Bertz CT molecular complexity index is 1430. The lowest BCUT2D eigenvalue weighted by atomic mass is 9.98. The number of benzene rings is 2. The van der Waals surface area contributed by atoms with Gasteiger partial charge in [0, 0.05) is 19.6 Å². The molecular weight excluding hydrogens is 515 g/mol. The molecule has 2 amide bonds. The SMILES string of the molecule is COc1ccc(CC(=O)N2CCn3nnc(C(=O)N4CC=C(c5ccc(C(F)(F)F)cc5)CC4)c3C2)cc1O. The van der Waals surface area contributed by atoms with E-state index < -0.39 is 11.7 Å². The second-order valence-corrected chi connectivity index (χ2v) is 9.41. The van der Waals surface area contributed by atoms with Gasteiger partial charge in [-0.1, -0.05) is 29.5 Å². The largest absolute Gasteiger partial charge is 0.504 e. The first-order valence-electron chi connectivity index (χ1n) is 12.4. The molecule has 2 aliphatic rings. The van der Waals surface area contributed by atoms with Crippen molar-refractivity contribution in [1.29, 1.82) is 0 Å². The van der Waals surface area contributed by atoms with Crippen LogP contribution in [0, 0.1) is 0 Å². The molecule has 2 aliphatic heterocycles. The van der Waals surface area contributed by atoms with E-state index in [1.807, 2.05) is 6.08 Å². The van der Waals surface area contributed by atoms with E-state index in [1.54, 1.807) is 26.6 Å². The van der Waals surface area contributed by atoms with Crippen LogP contribution in [0.25, 0.3) is 5.57 Å². The molecule has 1 N–H and O–H groups in total. The van der Waals surface area contributed by atoms with Crippen molar-refractivity contribution in [3.8, 4) is 11.5 Å². The summed E-state index contributed by atoms with van der Waals surface area (Å²) in [6, 6.07) is 9.80. The van der Waals surface area contributed by atoms with Gasteiger partial charge in [-0.05, 0) is 47.4 Å². The van der Waals surface area contributed by atoms with Crippen molar-refractivity contribution in [3.05, 3.63) is 76.6 Å². The molecule has 0 radical (unpaired) electrons. The van der Waals surface area contributed by atoms with Crippen LogP contribution in [0.4, 0.5) is 13.2 Å². The van der Waals surface area contributed by atoms with E-state index >= 15 is 0 Å². The number of phenols is 1. The van der Waals surface area contributed by atoms with Crippen LogP contribution in [0.5, 0.6) is 11.5 Å². The fraction of sp³-hybridized carbons (Fsp3) is 0.333. The quantitative estimate of drug-likeness (QED) is 0.531. The molecule has 0 unspecified atom stereocenters. The van der Waals surface area contributed by atoms with E-state index in [0.717, 1.165) is 17.7 Å². The van der Waals surface area contributed by atoms with E-state index in [2.05, 4.69) is 10.3 Å². The smallest absolute Gasteiger partial charge is 0.416 e. The highest BCUT2D eigenvalue weighted by Crippen LogP contribution is 2.31. The van der Waals surface area contributed by atoms with Crippen LogP contribution in [0.2, 0.25) is 0 Å². The number of ether oxygens (including phenoxy) is 1. The molecule has 0 spiro atoms. The second kappa shape index (κ2) is 10.4. The van der Waals surface area contributed by atoms with Gasteiger partial charge in [0.05, 0.1) is 37.9 Å². The summed E-state index contributed by atoms with van der Waals surface area (Å²) in [5, 5.41) is 18.2. The summed E-state index contributed by atoms with van der Waals surface area (Å²) in [4.78, 5) is 29.5. The molecule has 0 saturated carbocycles. The first-order chi connectivity index (χ1) is 18.6. The van der Waals surface area contributed by atoms with Gasteiger partial charge in [0.25, 0.3) is 5.91 Å². The lowest BCUT2D eigenvalue weighted by molar-refractivity contribution is -0.137. The van der Waals surface area contributed by atoms with Crippen molar-refractivity contribution < 1.29 is 32.6 Å². The Labute approximate surface area is 222 Å². The normalized spacial score (nSPS) is 15.5. The van der Waals surface area contributed by atoms with E-state index in [4.69, 9.17) is 4.74 Å². The number of fused-ring (bicyclic) bond motifs is 1. The van der Waals surface area contributed by atoms with Crippen molar-refractivity contribution in [1.82, 2.24) is 24.8 Å². The summed E-state index contributed by atoms with van der Waals surface area (Å²) >= 11 is 0. The van der Waals surface area contributed by atoms with Gasteiger partial charge in [-0.25, -0.2) is 4.68 Å². The van der Waals surface area contributed by atoms with E-state index in [0.29, 0.717) is 48.6 Å². The fourth-order valence-electron chi connectivity index (χ4n) is 4.79. The summed E-state index contributed by atoms with van der Waals surface area (Å²) < 4.78 is 45.2. The van der Waals surface area contributed by atoms with Gasteiger partial charge in [0.1, 0.15) is 0 Å². The van der Waals surface area contributed by atoms with Gasteiger partial charge in [-0.2, -0.15) is 13.2 Å². The molecule has 2 aromatic carbocycles. The Morgan fingerprint density at radius 1 is 1.05 bits per heavy atom. The number of hydrogen-bond donors (Lipinski definition) is 1. The third-order valence-corrected chi connectivity index (χ3v) is 6.99. The van der Waals surface area contributed by atoms with Crippen LogP contribution >= 0.6 is 0 Å². The number of hydrogen-bond acceptors (Lipinski definition) is 6. The molecular formula is C27H26F3N5O4. The highest BCUT2D eigenvalue weighted by molar-refractivity contribution is 5.94. The number of halogens is 3. The Hall–Kier alpha value is -4.35. The molecule has 12 heteroatoms. The molecule has 0 fully saturated rings. The maximum atomic E-state index is 13.3. The van der Waals surface area contributed by atoms with Crippen LogP contribution in [-0.2, 0) is 30.5 Å². The minimum absolute atomic E-state index is 0.0475. The van der Waals surface area contributed by atoms with E-state index in [-0.39, 0.29) is 42.8 Å². The number of methoxy groups -OCH3 is 1. The van der Waals surface area contributed by atoms with Gasteiger partial charge in [-0.15, -0.1) is 5.10 Å². The van der Waals surface area contributed by atoms with Gasteiger partial charge in [0.2, 0.25) is 5.91 Å². The predicted molar refractivity (Wildman–Crippen MR) is 134 cm³/mol. The monoisotopic (exact) mass is 541 g/mol. The Balaban J connectivity index is 1.24. The Morgan fingerprint density at radius 2 is 1.82 bits per heavy atom. The average Bonchev–Trinajstić information content (AvgIpc) is 3.36. The van der Waals surface area contributed by atoms with Gasteiger partial charge in [0.15, 0.2) is 17.2 Å². The van der Waals surface area contributed by atoms with Gasteiger partial charge in [-0.3, -0.25) is 9.59 Å². The third-order valence-electron chi connectivity index (χ3n) is 6.99. The lowest BCUT2D eigenvalue weighted by Gasteiger charge is -2.29. The number of rotatable bonds is 5. The standard InChI is InChI=1S/C27H26F3N5O4/c1-39-23-7-2-17(14-22(23)36)15-24(37)34-12-13-35-21(16-34)25(31-32-35)26(38)33-10-8-19(9-11-33)18-3-5-20(6-4-18)27(28,29)30/h2-8,14,36H,9-13,15-16H2,1H3. The molecule has 0 saturated heterocycles. The average molecular weight is 542 g/mol. The van der Waals surface area contributed by atoms with E-state index in [1.165, 1.54) is 25.3 Å². The van der Waals surface area contributed by atoms with Crippen molar-refractivity contribution >= 4 is 17.4 Å². The molecule has 3 heterocycles. The molecule has 9 nitrogen and oxygen atoms in total. The molecule has 1 aromatic heterocycles. The lowest BCUT2D eigenvalue weighted by Crippen LogP contribution is -2.41. The van der Waals surface area contributed by atoms with Crippen molar-refractivity contribution in [3.63, 3.8) is 0 Å². The molecule has 5 rings (SSSR count). The maximum absolute atomic E-state index is 13.3. The van der Waals surface area contributed by atoms with Gasteiger partial charge >= 0.3 is 6.18 Å². The van der Waals surface area contributed by atoms with Crippen LogP contribution < -0.4 is 4.74 Å². The number of aromatic nitrogens is 3. The fourth-order valence-corrected chi connectivity index (χ4v) is 4.79. The molecule has 0 aliphatic carbocycles. The molecule has 39 heavy (non-hydrogen) atoms. The minimum atomic E-state index is -4.39. The first kappa shape index (κ1) is 26.3. The molecule has 204 valence electrons. The number of aromatic hydroxyl groups is 1. The van der Waals surface area contributed by atoms with Crippen LogP contribution in [0.3, 0.4) is 0 Å². The number of carbonyl (C=O) groups is 2. The highest BCUT2D eigenvalue weighted by Gasteiger charge is 2.32. The van der Waals surface area contributed by atoms with Crippen molar-refractivity contribution in [2.45, 2.75) is 32.1 Å². The first-order valence-corrected chi connectivity index (χ1v) is 12.4. The van der Waals surface area contributed by atoms with Crippen molar-refractivity contribution in [2.75, 3.05) is 26.7 Å². The maximum Gasteiger partial charge on any atom is 0.416 e. The Kier molecular flexibility index (Phi) is 7.02. The summed E-state index contributed by atoms with van der Waals surface area (Å²) in [6.07, 6.45) is -1.99. The third kappa shape index (κ3) is 5.45. The Morgan fingerprint density at radius 3 is 2.46 bits per heavy atom. The summed E-state index contributed by atoms with van der Waals surface area (Å²) in [6.45, 7) is 1.64. The molecule has 0 atom stereocenters. The minimum Gasteiger partial charge on any atom is -0.504 e. The number of carbonyl (C=O) groups excluding carboxylic acids is 2. The number of alkyl halides is 3. The zero-order valence-electron chi connectivity index (χ0n) is 21.1. The molecule has 0 bridgehead atoms. The topological polar surface area (TPSA) is 101 Å². The predicted octanol–water partition coefficient (Wildman–Crippen LogP) is 3.53. The number of amides is 2. The summed E-state index contributed by atoms with van der Waals surface area (Å²) in [5.74, 6) is -0.198. The molecule has 3 aromatic rings. The van der Waals surface area contributed by atoms with Crippen LogP contribution in [-0.4, -0.2) is 68.5 Å². The number of nitrogens with zero attached hydrogens (tertiary/aromatic N) is 5. The zero-order chi connectivity index (χ0) is 27.7. The number of phenolic OH excluding ortho intramolecular Hbond substituents is 1. The van der Waals surface area contributed by atoms with Gasteiger partial charge < -0.3 is 19.6 Å². The van der Waals surface area contributed by atoms with Crippen molar-refractivity contribution in [2.24, 2.45) is 0 Å².